The van der Waals surface area contributed by atoms with Gasteiger partial charge in [-0.3, -0.25) is 0 Å². The van der Waals surface area contributed by atoms with Crippen LogP contribution in [0.2, 0.25) is 0 Å². The van der Waals surface area contributed by atoms with Crippen molar-refractivity contribution in [3.05, 3.63) is 64.8 Å². The van der Waals surface area contributed by atoms with Gasteiger partial charge in [0.05, 0.1) is 5.56 Å². The first-order valence-corrected chi connectivity index (χ1v) is 10.6. The smallest absolute Gasteiger partial charge is 0.201 e. The summed E-state index contributed by atoms with van der Waals surface area (Å²) in [6, 6.07) is 13.9. The van der Waals surface area contributed by atoms with Gasteiger partial charge in [0, 0.05) is 17.0 Å². The highest BCUT2D eigenvalue weighted by molar-refractivity contribution is 6.03. The van der Waals surface area contributed by atoms with E-state index in [0.717, 1.165) is 5.92 Å². The summed E-state index contributed by atoms with van der Waals surface area (Å²) in [6.45, 7) is 7.16. The van der Waals surface area contributed by atoms with Crippen LogP contribution in [-0.4, -0.2) is 0 Å². The van der Waals surface area contributed by atoms with Crippen LogP contribution in [0.15, 0.2) is 42.6 Å². The second-order valence-corrected chi connectivity index (χ2v) is 9.23. The predicted octanol–water partition coefficient (Wildman–Crippen LogP) is 6.33. The molecule has 1 heteroatoms. The first-order valence-electron chi connectivity index (χ1n) is 10.6. The number of hydrogen-bond acceptors (Lipinski definition) is 0. The first kappa shape index (κ1) is 17.0. The van der Waals surface area contributed by atoms with Crippen LogP contribution < -0.4 is 4.57 Å². The maximum Gasteiger partial charge on any atom is 0.217 e. The van der Waals surface area contributed by atoms with Gasteiger partial charge in [-0.05, 0) is 53.1 Å². The van der Waals surface area contributed by atoms with Crippen molar-refractivity contribution in [2.45, 2.75) is 64.2 Å². The van der Waals surface area contributed by atoms with Gasteiger partial charge in [0.2, 0.25) is 5.69 Å². The van der Waals surface area contributed by atoms with Crippen LogP contribution in [-0.2, 0) is 12.5 Å². The molecule has 138 valence electrons. The number of rotatable bonds is 1. The van der Waals surface area contributed by atoms with Gasteiger partial charge in [0.25, 0.3) is 0 Å². The highest BCUT2D eigenvalue weighted by Gasteiger charge is 2.41. The highest BCUT2D eigenvalue weighted by Crippen LogP contribution is 2.51. The maximum atomic E-state index is 2.44. The zero-order valence-corrected chi connectivity index (χ0v) is 17.1. The SMILES string of the molecule is Cc1ccc2cccc3c2c1-c1c(c(C2CCCCC2)cc[n+]1C)C3(C)C. The van der Waals surface area contributed by atoms with Crippen molar-refractivity contribution < 1.29 is 4.57 Å². The molecule has 2 aromatic carbocycles. The van der Waals surface area contributed by atoms with Gasteiger partial charge in [0.1, 0.15) is 7.05 Å². The van der Waals surface area contributed by atoms with Gasteiger partial charge >= 0.3 is 0 Å². The summed E-state index contributed by atoms with van der Waals surface area (Å²) in [5.74, 6) is 0.720. The molecule has 0 radical (unpaired) electrons. The largest absolute Gasteiger partial charge is 0.217 e. The van der Waals surface area contributed by atoms with E-state index < -0.39 is 0 Å². The standard InChI is InChI=1S/C26H30N/c1-17-13-14-19-11-8-12-21-23(19)22(17)25-24(26(21,2)3)20(15-16-27(25)4)18-9-6-5-7-10-18/h8,11-16,18H,5-7,9-10H2,1-4H3/q+1. The summed E-state index contributed by atoms with van der Waals surface area (Å²) in [7, 11) is 2.23. The van der Waals surface area contributed by atoms with E-state index in [2.05, 4.69) is 75.0 Å². The third-order valence-electron chi connectivity index (χ3n) is 7.19. The van der Waals surface area contributed by atoms with E-state index in [0.29, 0.717) is 0 Å². The first-order chi connectivity index (χ1) is 13.0. The molecule has 27 heavy (non-hydrogen) atoms. The fourth-order valence-electron chi connectivity index (χ4n) is 5.82. The van der Waals surface area contributed by atoms with Gasteiger partial charge in [-0.15, -0.1) is 0 Å². The van der Waals surface area contributed by atoms with Crippen LogP contribution in [0, 0.1) is 6.92 Å². The molecule has 0 aliphatic heterocycles. The summed E-state index contributed by atoms with van der Waals surface area (Å²) in [4.78, 5) is 0. The molecule has 1 heterocycles. The molecule has 1 fully saturated rings. The normalized spacial score (nSPS) is 18.5. The Morgan fingerprint density at radius 3 is 2.52 bits per heavy atom. The van der Waals surface area contributed by atoms with Crippen LogP contribution in [0.25, 0.3) is 22.0 Å². The van der Waals surface area contributed by atoms with E-state index >= 15 is 0 Å². The Morgan fingerprint density at radius 1 is 0.963 bits per heavy atom. The quantitative estimate of drug-likeness (QED) is 0.449. The third-order valence-corrected chi connectivity index (χ3v) is 7.19. The Kier molecular flexibility index (Phi) is 3.73. The summed E-state index contributed by atoms with van der Waals surface area (Å²) in [5.41, 5.74) is 9.01. The van der Waals surface area contributed by atoms with Gasteiger partial charge in [-0.1, -0.05) is 63.4 Å². The van der Waals surface area contributed by atoms with E-state index in [1.165, 1.54) is 65.3 Å². The van der Waals surface area contributed by atoms with E-state index in [-0.39, 0.29) is 5.41 Å². The lowest BCUT2D eigenvalue weighted by molar-refractivity contribution is -0.661. The van der Waals surface area contributed by atoms with E-state index in [1.807, 2.05) is 0 Å². The summed E-state index contributed by atoms with van der Waals surface area (Å²) in [5, 5.41) is 2.83. The van der Waals surface area contributed by atoms with Gasteiger partial charge < -0.3 is 0 Å². The molecule has 0 amide bonds. The van der Waals surface area contributed by atoms with Crippen LogP contribution in [0.3, 0.4) is 0 Å². The molecule has 0 atom stereocenters. The molecule has 2 aliphatic rings. The Labute approximate surface area is 163 Å². The average Bonchev–Trinajstić information content (AvgIpc) is 2.68. The van der Waals surface area contributed by atoms with Gasteiger partial charge in [-0.2, -0.15) is 0 Å². The molecule has 3 aromatic rings. The zero-order valence-electron chi connectivity index (χ0n) is 17.1. The summed E-state index contributed by atoms with van der Waals surface area (Å²) >= 11 is 0. The molecule has 1 aromatic heterocycles. The van der Waals surface area contributed by atoms with Crippen molar-refractivity contribution in [2.75, 3.05) is 0 Å². The molecule has 0 N–H and O–H groups in total. The highest BCUT2D eigenvalue weighted by atomic mass is 14.9. The topological polar surface area (TPSA) is 3.88 Å². The molecule has 1 saturated carbocycles. The van der Waals surface area contributed by atoms with Crippen molar-refractivity contribution in [2.24, 2.45) is 7.05 Å². The number of hydrogen-bond donors (Lipinski definition) is 0. The maximum absolute atomic E-state index is 2.44. The minimum Gasteiger partial charge on any atom is -0.201 e. The van der Waals surface area contributed by atoms with Crippen molar-refractivity contribution in [3.8, 4) is 11.3 Å². The Hall–Kier alpha value is -2.15. The lowest BCUT2D eigenvalue weighted by Gasteiger charge is -2.37. The lowest BCUT2D eigenvalue weighted by Crippen LogP contribution is -2.39. The lowest BCUT2D eigenvalue weighted by atomic mass is 9.65. The molecular weight excluding hydrogens is 326 g/mol. The summed E-state index contributed by atoms with van der Waals surface area (Å²) < 4.78 is 2.38. The number of nitrogens with zero attached hydrogens (tertiary/aromatic N) is 1. The third kappa shape index (κ3) is 2.33. The van der Waals surface area contributed by atoms with Crippen molar-refractivity contribution in [3.63, 3.8) is 0 Å². The van der Waals surface area contributed by atoms with Crippen LogP contribution in [0.4, 0.5) is 0 Å². The monoisotopic (exact) mass is 356 g/mol. The minimum atomic E-state index is 0.0292. The Morgan fingerprint density at radius 2 is 1.74 bits per heavy atom. The van der Waals surface area contributed by atoms with Crippen LogP contribution in [0.5, 0.6) is 0 Å². The molecule has 2 aliphatic carbocycles. The molecule has 0 saturated heterocycles. The van der Waals surface area contributed by atoms with Crippen molar-refractivity contribution >= 4 is 10.8 Å². The minimum absolute atomic E-state index is 0.0292. The Balaban J connectivity index is 1.92. The molecule has 0 spiro atoms. The number of pyridine rings is 1. The van der Waals surface area contributed by atoms with Crippen LogP contribution >= 0.6 is 0 Å². The van der Waals surface area contributed by atoms with Gasteiger partial charge in [0.15, 0.2) is 6.20 Å². The molecule has 1 nitrogen and oxygen atoms in total. The molecular formula is C26H30N+. The molecule has 5 rings (SSSR count). The zero-order chi connectivity index (χ0) is 18.8. The van der Waals surface area contributed by atoms with Crippen LogP contribution in [0.1, 0.15) is 74.1 Å². The predicted molar refractivity (Wildman–Crippen MR) is 113 cm³/mol. The number of benzene rings is 2. The number of aromatic nitrogens is 1. The van der Waals surface area contributed by atoms with Gasteiger partial charge in [-0.25, -0.2) is 4.57 Å². The van der Waals surface area contributed by atoms with E-state index in [1.54, 1.807) is 11.1 Å². The second-order valence-electron chi connectivity index (χ2n) is 9.23. The second kappa shape index (κ2) is 5.92. The molecule has 0 unspecified atom stereocenters. The average molecular weight is 357 g/mol. The van der Waals surface area contributed by atoms with Crippen molar-refractivity contribution in [1.82, 2.24) is 0 Å². The van der Waals surface area contributed by atoms with E-state index in [9.17, 15) is 0 Å². The summed E-state index contributed by atoms with van der Waals surface area (Å²) in [6.07, 6.45) is 9.18. The number of fused-ring (bicyclic) bond motifs is 2. The Bertz CT molecular complexity index is 1050. The fraction of sp³-hybridized carbons (Fsp3) is 0.423. The molecule has 0 bridgehead atoms. The number of aryl methyl sites for hydroxylation is 2. The van der Waals surface area contributed by atoms with E-state index in [4.69, 9.17) is 0 Å². The van der Waals surface area contributed by atoms with Crippen molar-refractivity contribution in [1.29, 1.82) is 0 Å². The fourth-order valence-corrected chi connectivity index (χ4v) is 5.82.